The number of hydrogen-bond acceptors (Lipinski definition) is 4. The van der Waals surface area contributed by atoms with Gasteiger partial charge in [-0.05, 0) is 12.3 Å². The first-order valence-electron chi connectivity index (χ1n) is 5.89. The van der Waals surface area contributed by atoms with Crippen LogP contribution >= 0.6 is 0 Å². The molecule has 0 unspecified atom stereocenters. The van der Waals surface area contributed by atoms with Crippen molar-refractivity contribution < 1.29 is 14.4 Å². The van der Waals surface area contributed by atoms with Crippen LogP contribution in [0.5, 0.6) is 0 Å². The molecule has 0 heterocycles. The number of rotatable bonds is 6. The van der Waals surface area contributed by atoms with Crippen molar-refractivity contribution in [2.45, 2.75) is 6.04 Å². The van der Waals surface area contributed by atoms with E-state index in [2.05, 4.69) is 22.3 Å². The van der Waals surface area contributed by atoms with Gasteiger partial charge in [-0.25, -0.2) is 4.99 Å². The molecule has 4 N–H and O–H groups in total. The molecule has 0 aromatic heterocycles. The highest BCUT2D eigenvalue weighted by Crippen LogP contribution is 2.08. The van der Waals surface area contributed by atoms with E-state index in [1.54, 1.807) is 24.3 Å². The van der Waals surface area contributed by atoms with Crippen molar-refractivity contribution in [1.82, 2.24) is 10.6 Å². The highest BCUT2D eigenvalue weighted by molar-refractivity contribution is 5.90. The molecule has 0 saturated carbocycles. The molecule has 0 aliphatic rings. The van der Waals surface area contributed by atoms with E-state index in [1.807, 2.05) is 6.07 Å². The van der Waals surface area contributed by atoms with Crippen molar-refractivity contribution in [2.75, 3.05) is 13.1 Å². The number of amides is 3. The molecule has 20 heavy (non-hydrogen) atoms. The van der Waals surface area contributed by atoms with E-state index in [0.717, 1.165) is 0 Å². The van der Waals surface area contributed by atoms with Crippen LogP contribution in [-0.2, 0) is 14.4 Å². The first-order chi connectivity index (χ1) is 9.54. The molecule has 0 aliphatic carbocycles. The van der Waals surface area contributed by atoms with Crippen molar-refractivity contribution in [3.8, 4) is 0 Å². The van der Waals surface area contributed by atoms with E-state index in [0.29, 0.717) is 5.56 Å². The number of carbonyl (C=O) groups excluding carboxylic acids is 3. The van der Waals surface area contributed by atoms with Gasteiger partial charge in [0.05, 0.1) is 13.1 Å². The van der Waals surface area contributed by atoms with Crippen molar-refractivity contribution in [2.24, 2.45) is 10.7 Å². The number of nitrogens with one attached hydrogen (secondary N) is 2. The monoisotopic (exact) mass is 276 g/mol. The van der Waals surface area contributed by atoms with E-state index in [1.165, 1.54) is 0 Å². The van der Waals surface area contributed by atoms with Gasteiger partial charge in [0.1, 0.15) is 6.04 Å². The Kier molecular flexibility index (Phi) is 6.05. The fourth-order valence-electron chi connectivity index (χ4n) is 1.38. The van der Waals surface area contributed by atoms with Gasteiger partial charge in [-0.3, -0.25) is 14.4 Å². The van der Waals surface area contributed by atoms with Gasteiger partial charge in [0, 0.05) is 0 Å². The first kappa shape index (κ1) is 15.5. The molecule has 0 radical (unpaired) electrons. The summed E-state index contributed by atoms with van der Waals surface area (Å²) in [6, 6.07) is 7.94. The number of aliphatic imine (C=N–C) groups is 1. The van der Waals surface area contributed by atoms with Gasteiger partial charge in [0.15, 0.2) is 0 Å². The number of hydrogen-bond donors (Lipinski definition) is 3. The van der Waals surface area contributed by atoms with E-state index in [-0.39, 0.29) is 13.1 Å². The smallest absolute Gasteiger partial charge is 0.264 e. The number of nitrogens with zero attached hydrogens (tertiary/aromatic N) is 1. The summed E-state index contributed by atoms with van der Waals surface area (Å²) >= 11 is 0. The Labute approximate surface area is 116 Å². The lowest BCUT2D eigenvalue weighted by atomic mass is 10.1. The van der Waals surface area contributed by atoms with Crippen molar-refractivity contribution in [3.05, 3.63) is 35.9 Å². The van der Waals surface area contributed by atoms with Crippen LogP contribution in [-0.4, -0.2) is 37.5 Å². The Morgan fingerprint density at radius 2 is 1.80 bits per heavy atom. The fraction of sp³-hybridized carbons (Fsp3) is 0.231. The van der Waals surface area contributed by atoms with Crippen LogP contribution in [0.15, 0.2) is 35.3 Å². The zero-order valence-electron chi connectivity index (χ0n) is 10.8. The lowest BCUT2D eigenvalue weighted by Crippen LogP contribution is -2.42. The van der Waals surface area contributed by atoms with Gasteiger partial charge in [-0.1, -0.05) is 30.3 Å². The Balaban J connectivity index is 2.38. The van der Waals surface area contributed by atoms with Crippen molar-refractivity contribution in [1.29, 1.82) is 0 Å². The molecular formula is C13H16N4O3. The lowest BCUT2D eigenvalue weighted by molar-refractivity contribution is -0.127. The highest BCUT2D eigenvalue weighted by Gasteiger charge is 2.16. The largest absolute Gasteiger partial charge is 0.345 e. The van der Waals surface area contributed by atoms with Gasteiger partial charge >= 0.3 is 0 Å². The summed E-state index contributed by atoms with van der Waals surface area (Å²) in [4.78, 5) is 37.0. The maximum Gasteiger partial charge on any atom is 0.264 e. The van der Waals surface area contributed by atoms with Gasteiger partial charge in [0.2, 0.25) is 11.8 Å². The van der Waals surface area contributed by atoms with Crippen molar-refractivity contribution in [3.63, 3.8) is 0 Å². The van der Waals surface area contributed by atoms with Gasteiger partial charge in [0.25, 0.3) is 5.91 Å². The number of benzene rings is 1. The van der Waals surface area contributed by atoms with Crippen LogP contribution in [0, 0.1) is 0 Å². The standard InChI is InChI=1S/C13H16N4O3/c1-15-10(18)7-16-11(19)8-17-13(20)12(14)9-5-3-2-4-6-9/h2-6,12H,1,7-8,14H2,(H,16,19)(H,17,20)/t12-/m0/s1. The number of carbonyl (C=O) groups is 3. The van der Waals surface area contributed by atoms with E-state index < -0.39 is 23.8 Å². The molecule has 3 amide bonds. The third-order valence-corrected chi connectivity index (χ3v) is 2.48. The van der Waals surface area contributed by atoms with Crippen molar-refractivity contribution >= 4 is 24.4 Å². The average Bonchev–Trinajstić information content (AvgIpc) is 2.50. The summed E-state index contributed by atoms with van der Waals surface area (Å²) in [5, 5.41) is 4.68. The zero-order chi connectivity index (χ0) is 15.0. The second kappa shape index (κ2) is 7.80. The molecule has 0 fully saturated rings. The zero-order valence-corrected chi connectivity index (χ0v) is 10.8. The molecule has 0 aliphatic heterocycles. The second-order valence-corrected chi connectivity index (χ2v) is 3.93. The Morgan fingerprint density at radius 1 is 1.15 bits per heavy atom. The Hall–Kier alpha value is -2.54. The minimum absolute atomic E-state index is 0.247. The Morgan fingerprint density at radius 3 is 2.40 bits per heavy atom. The maximum atomic E-state index is 11.7. The molecule has 1 aromatic rings. The normalized spacial score (nSPS) is 11.2. The van der Waals surface area contributed by atoms with Gasteiger partial charge in [-0.2, -0.15) is 0 Å². The van der Waals surface area contributed by atoms with Crippen LogP contribution in [0.1, 0.15) is 11.6 Å². The fourth-order valence-corrected chi connectivity index (χ4v) is 1.38. The lowest BCUT2D eigenvalue weighted by Gasteiger charge is -2.12. The van der Waals surface area contributed by atoms with Crippen LogP contribution in [0.4, 0.5) is 0 Å². The molecule has 0 spiro atoms. The van der Waals surface area contributed by atoms with Crippen LogP contribution in [0.2, 0.25) is 0 Å². The maximum absolute atomic E-state index is 11.7. The molecule has 1 rings (SSSR count). The topological polar surface area (TPSA) is 114 Å². The third kappa shape index (κ3) is 4.99. The number of nitrogens with two attached hydrogens (primary N) is 1. The quantitative estimate of drug-likeness (QED) is 0.587. The summed E-state index contributed by atoms with van der Waals surface area (Å²) < 4.78 is 0. The first-order valence-corrected chi connectivity index (χ1v) is 5.89. The molecule has 0 saturated heterocycles. The second-order valence-electron chi connectivity index (χ2n) is 3.93. The Bertz CT molecular complexity index is 502. The predicted octanol–water partition coefficient (Wildman–Crippen LogP) is -0.854. The molecule has 7 nitrogen and oxygen atoms in total. The molecule has 7 heteroatoms. The average molecular weight is 276 g/mol. The summed E-state index contributed by atoms with van der Waals surface area (Å²) in [6.45, 7) is 2.53. The molecular weight excluding hydrogens is 260 g/mol. The summed E-state index contributed by atoms with van der Waals surface area (Å²) in [6.07, 6.45) is 0. The summed E-state index contributed by atoms with van der Waals surface area (Å²) in [5.41, 5.74) is 6.40. The predicted molar refractivity (Wildman–Crippen MR) is 73.9 cm³/mol. The third-order valence-electron chi connectivity index (χ3n) is 2.48. The molecule has 0 bridgehead atoms. The van der Waals surface area contributed by atoms with Crippen LogP contribution in [0.25, 0.3) is 0 Å². The van der Waals surface area contributed by atoms with E-state index >= 15 is 0 Å². The molecule has 1 atom stereocenters. The summed E-state index contributed by atoms with van der Waals surface area (Å²) in [7, 11) is 0. The van der Waals surface area contributed by atoms with Gasteiger partial charge in [-0.15, -0.1) is 0 Å². The highest BCUT2D eigenvalue weighted by atomic mass is 16.2. The van der Waals surface area contributed by atoms with Crippen LogP contribution in [0.3, 0.4) is 0 Å². The van der Waals surface area contributed by atoms with E-state index in [9.17, 15) is 14.4 Å². The van der Waals surface area contributed by atoms with E-state index in [4.69, 9.17) is 5.73 Å². The summed E-state index contributed by atoms with van der Waals surface area (Å²) in [5.74, 6) is -1.53. The minimum atomic E-state index is -0.847. The minimum Gasteiger partial charge on any atom is -0.345 e. The SMILES string of the molecule is C=NC(=O)CNC(=O)CNC(=O)[C@@H](N)c1ccccc1. The molecule has 1 aromatic carbocycles. The van der Waals surface area contributed by atoms with Crippen LogP contribution < -0.4 is 16.4 Å². The van der Waals surface area contributed by atoms with Gasteiger partial charge < -0.3 is 16.4 Å². The molecule has 106 valence electrons.